The van der Waals surface area contributed by atoms with E-state index in [1.165, 1.54) is 0 Å². The molecule has 0 spiro atoms. The highest BCUT2D eigenvalue weighted by atomic mass is 35.5. The highest BCUT2D eigenvalue weighted by Gasteiger charge is 2.35. The summed E-state index contributed by atoms with van der Waals surface area (Å²) in [6, 6.07) is 11.7. The second kappa shape index (κ2) is 29.0. The van der Waals surface area contributed by atoms with Crippen molar-refractivity contribution in [3.05, 3.63) is 83.4 Å². The number of nitrogens with one attached hydrogen (secondary N) is 1. The molecule has 2 fully saturated rings. The van der Waals surface area contributed by atoms with Gasteiger partial charge >= 0.3 is 0 Å². The molecule has 2 aromatic carbocycles. The van der Waals surface area contributed by atoms with Gasteiger partial charge in [0.1, 0.15) is 30.2 Å². The molecule has 2 aliphatic heterocycles. The molecule has 5 heterocycles. The largest absolute Gasteiger partial charge is 0.508 e. The molecule has 5 aromatic rings. The number of terminal acetylenes is 1. The van der Waals surface area contributed by atoms with Crippen LogP contribution in [0.1, 0.15) is 87.2 Å². The molecule has 76 heavy (non-hydrogen) atoms. The van der Waals surface area contributed by atoms with Crippen molar-refractivity contribution in [1.29, 1.82) is 0 Å². The zero-order chi connectivity index (χ0) is 53.3. The molecule has 0 radical (unpaired) electrons. The minimum absolute atomic E-state index is 0. The smallest absolute Gasteiger partial charge is 0.247 e. The molecule has 2 amide bonds. The number of phenolic OH excluding ortho intramolecular Hbond substituents is 2. The number of ether oxygens (including phenoxy) is 3. The van der Waals surface area contributed by atoms with Gasteiger partial charge in [0.05, 0.1) is 68.9 Å². The summed E-state index contributed by atoms with van der Waals surface area (Å²) >= 11 is 0. The van der Waals surface area contributed by atoms with Crippen molar-refractivity contribution in [2.24, 2.45) is 23.3 Å². The van der Waals surface area contributed by atoms with Crippen molar-refractivity contribution in [3.8, 4) is 23.8 Å². The summed E-state index contributed by atoms with van der Waals surface area (Å²) in [6.07, 6.45) is 11.1. The molecule has 7 N–H and O–H groups in total. The first kappa shape index (κ1) is 58.6. The summed E-state index contributed by atoms with van der Waals surface area (Å²) < 4.78 is 19.9. The van der Waals surface area contributed by atoms with Crippen LogP contribution in [0.4, 0.5) is 17.8 Å². The number of halogens is 1. The second-order valence-corrected chi connectivity index (χ2v) is 19.5. The first-order valence-corrected chi connectivity index (χ1v) is 25.9. The SMILES string of the molecule is C#CCOCCOCCOCCNc1nc(N2CCN(C(=O)[C@@H](Cc3ccc(O)cc3)n3cc([C@@H](N)CC(C)C)nn3)CC2)nc(N2CCN(C(=O)[C@H]([C@@H](C)CC)n3cc([C@@H](N)Cc4ccc(O)cc4)nn3)CC2)n1.Cl. The van der Waals surface area contributed by atoms with E-state index >= 15 is 0 Å². The fourth-order valence-corrected chi connectivity index (χ4v) is 8.99. The summed E-state index contributed by atoms with van der Waals surface area (Å²) in [4.78, 5) is 51.5. The number of carbonyl (C=O) groups excluding carboxylic acids is 2. The van der Waals surface area contributed by atoms with Gasteiger partial charge in [-0.1, -0.05) is 74.7 Å². The van der Waals surface area contributed by atoms with Crippen LogP contribution in [0.5, 0.6) is 11.5 Å². The van der Waals surface area contributed by atoms with Gasteiger partial charge in [-0.05, 0) is 60.1 Å². The fraction of sp³-hybridized carbons (Fsp3) is 0.558. The molecule has 0 bridgehead atoms. The van der Waals surface area contributed by atoms with Gasteiger partial charge in [-0.2, -0.15) is 15.0 Å². The molecule has 7 rings (SSSR count). The Balaban J connectivity index is 0.00000937. The van der Waals surface area contributed by atoms with E-state index in [4.69, 9.17) is 47.1 Å². The van der Waals surface area contributed by atoms with Gasteiger partial charge in [0.2, 0.25) is 29.7 Å². The lowest BCUT2D eigenvalue weighted by atomic mass is 9.97. The summed E-state index contributed by atoms with van der Waals surface area (Å²) in [5, 5.41) is 40.6. The highest BCUT2D eigenvalue weighted by Crippen LogP contribution is 2.28. The number of nitrogens with two attached hydrogens (primary N) is 2. The Morgan fingerprint density at radius 2 is 1.18 bits per heavy atom. The Morgan fingerprint density at radius 1 is 0.684 bits per heavy atom. The van der Waals surface area contributed by atoms with Gasteiger partial charge in [0.25, 0.3) is 0 Å². The van der Waals surface area contributed by atoms with Gasteiger partial charge in [-0.25, -0.2) is 9.36 Å². The lowest BCUT2D eigenvalue weighted by Gasteiger charge is -2.38. The molecule has 5 atom stereocenters. The summed E-state index contributed by atoms with van der Waals surface area (Å²) in [6.45, 7) is 14.4. The third kappa shape index (κ3) is 16.4. The number of piperazine rings is 2. The van der Waals surface area contributed by atoms with Crippen molar-refractivity contribution >= 4 is 42.1 Å². The monoisotopic (exact) mass is 1070 g/mol. The van der Waals surface area contributed by atoms with E-state index in [-0.39, 0.29) is 54.3 Å². The van der Waals surface area contributed by atoms with Crippen molar-refractivity contribution in [1.82, 2.24) is 54.7 Å². The molecule has 0 saturated carbocycles. The number of aromatic hydroxyl groups is 2. The van der Waals surface area contributed by atoms with Gasteiger partial charge in [0.15, 0.2) is 0 Å². The molecule has 3 aromatic heterocycles. The number of phenols is 2. The minimum atomic E-state index is -0.699. The maximum atomic E-state index is 14.5. The van der Waals surface area contributed by atoms with Crippen LogP contribution in [0.15, 0.2) is 60.9 Å². The van der Waals surface area contributed by atoms with Gasteiger partial charge in [0, 0.05) is 65.3 Å². The van der Waals surface area contributed by atoms with Crippen LogP contribution >= 0.6 is 12.4 Å². The first-order valence-electron chi connectivity index (χ1n) is 25.9. The molecule has 412 valence electrons. The van der Waals surface area contributed by atoms with Crippen LogP contribution in [-0.4, -0.2) is 175 Å². The van der Waals surface area contributed by atoms with Crippen LogP contribution in [0.2, 0.25) is 0 Å². The molecular weight excluding hydrogens is 996 g/mol. The zero-order valence-corrected chi connectivity index (χ0v) is 44.9. The van der Waals surface area contributed by atoms with Crippen LogP contribution in [0.25, 0.3) is 0 Å². The Morgan fingerprint density at radius 3 is 1.74 bits per heavy atom. The number of amides is 2. The highest BCUT2D eigenvalue weighted by molar-refractivity contribution is 5.85. The Labute approximate surface area is 451 Å². The van der Waals surface area contributed by atoms with Crippen molar-refractivity contribution < 1.29 is 34.0 Å². The molecular formula is C52H75ClN16O7. The van der Waals surface area contributed by atoms with E-state index in [0.717, 1.165) is 24.0 Å². The summed E-state index contributed by atoms with van der Waals surface area (Å²) in [5.41, 5.74) is 16.1. The third-order valence-electron chi connectivity index (χ3n) is 13.4. The number of hydrogen-bond acceptors (Lipinski definition) is 19. The minimum Gasteiger partial charge on any atom is -0.508 e. The topological polar surface area (TPSA) is 279 Å². The second-order valence-electron chi connectivity index (χ2n) is 19.5. The molecule has 23 nitrogen and oxygen atoms in total. The van der Waals surface area contributed by atoms with Crippen LogP contribution in [0, 0.1) is 24.2 Å². The fourth-order valence-electron chi connectivity index (χ4n) is 8.99. The average Bonchev–Trinajstić information content (AvgIpc) is 4.13. The maximum absolute atomic E-state index is 14.5. The predicted octanol–water partition coefficient (Wildman–Crippen LogP) is 3.34. The molecule has 0 aliphatic carbocycles. The Bertz CT molecular complexity index is 2600. The molecule has 2 saturated heterocycles. The third-order valence-corrected chi connectivity index (χ3v) is 13.4. The number of rotatable bonds is 27. The lowest BCUT2D eigenvalue weighted by Crippen LogP contribution is -2.52. The quantitative estimate of drug-likeness (QED) is 0.0372. The van der Waals surface area contributed by atoms with Crippen molar-refractivity contribution in [2.45, 2.75) is 77.5 Å². The lowest BCUT2D eigenvalue weighted by molar-refractivity contribution is -0.137. The molecule has 24 heteroatoms. The first-order chi connectivity index (χ1) is 36.3. The van der Waals surface area contributed by atoms with E-state index < -0.39 is 18.1 Å². The van der Waals surface area contributed by atoms with E-state index in [1.807, 2.05) is 33.8 Å². The number of carbonyl (C=O) groups is 2. The van der Waals surface area contributed by atoms with E-state index in [2.05, 4.69) is 57.5 Å². The van der Waals surface area contributed by atoms with Crippen LogP contribution < -0.4 is 26.6 Å². The van der Waals surface area contributed by atoms with E-state index in [0.29, 0.717) is 140 Å². The number of aromatic nitrogens is 9. The summed E-state index contributed by atoms with van der Waals surface area (Å²) in [7, 11) is 0. The molecule has 2 aliphatic rings. The average molecular weight is 1070 g/mol. The van der Waals surface area contributed by atoms with E-state index in [9.17, 15) is 19.8 Å². The summed E-state index contributed by atoms with van der Waals surface area (Å²) in [5.74, 6) is 4.19. The molecule has 0 unspecified atom stereocenters. The number of hydrogen-bond donors (Lipinski definition) is 5. The number of nitrogens with zero attached hydrogens (tertiary/aromatic N) is 13. The van der Waals surface area contributed by atoms with Crippen LogP contribution in [0.3, 0.4) is 0 Å². The number of benzene rings is 2. The predicted molar refractivity (Wildman–Crippen MR) is 289 cm³/mol. The Kier molecular flexibility index (Phi) is 22.4. The van der Waals surface area contributed by atoms with Crippen molar-refractivity contribution in [3.63, 3.8) is 0 Å². The Hall–Kier alpha value is -6.68. The van der Waals surface area contributed by atoms with Crippen molar-refractivity contribution in [2.75, 3.05) is 114 Å². The zero-order valence-electron chi connectivity index (χ0n) is 44.1. The normalized spacial score (nSPS) is 15.9. The maximum Gasteiger partial charge on any atom is 0.247 e. The van der Waals surface area contributed by atoms with Gasteiger partial charge < -0.3 is 60.8 Å². The van der Waals surface area contributed by atoms with Gasteiger partial charge in [-0.15, -0.1) is 29.0 Å². The van der Waals surface area contributed by atoms with Crippen LogP contribution in [-0.2, 0) is 36.6 Å². The van der Waals surface area contributed by atoms with Gasteiger partial charge in [-0.3, -0.25) is 9.59 Å². The van der Waals surface area contributed by atoms with E-state index in [1.54, 1.807) is 58.2 Å². The standard InChI is InChI=1S/C52H74N16O7.ClH/c1-6-25-73-27-29-75-30-28-74-26-16-55-50-56-51(65-21-17-63(18-22-65)48(71)46(33-39-10-14-41(70)15-11-39)67-34-44(59-61-67)42(53)31-36(3)4)58-52(57-50)66-23-19-64(20-24-66)49(72)47(37(5)7-2)68-35-45(60-62-68)43(54)32-38-8-12-40(69)13-9-38;/h1,8-15,34-37,42-43,46-47,69-70H,7,16-33,53-54H2,2-5H3,(H,55,56,57,58);1H/t37-,42-,43-,46+,47-;/m0./s1. The number of anilines is 3.